The van der Waals surface area contributed by atoms with Crippen LogP contribution >= 0.6 is 0 Å². The Labute approximate surface area is 96.3 Å². The molecule has 2 heteroatoms. The van der Waals surface area contributed by atoms with Crippen LogP contribution in [-0.4, -0.2) is 11.1 Å². The van der Waals surface area contributed by atoms with E-state index in [9.17, 15) is 4.79 Å². The Hall–Kier alpha value is -1.31. The Morgan fingerprint density at radius 3 is 2.44 bits per heavy atom. The summed E-state index contributed by atoms with van der Waals surface area (Å²) in [5.41, 5.74) is 2.60. The molecule has 0 unspecified atom stereocenters. The molecular weight excluding hydrogens is 200 g/mol. The average Bonchev–Trinajstić information content (AvgIpc) is 2.98. The average molecular weight is 218 g/mol. The summed E-state index contributed by atoms with van der Waals surface area (Å²) >= 11 is 0. The fourth-order valence-corrected chi connectivity index (χ4v) is 2.12. The summed E-state index contributed by atoms with van der Waals surface area (Å²) in [4.78, 5) is 10.7. The van der Waals surface area contributed by atoms with Crippen LogP contribution in [0, 0.1) is 11.8 Å². The SMILES string of the molecule is CC(C)c1ccc(C[C@H]2C[C@@H]2C(=O)O)cc1. The number of aliphatic carboxylic acids is 1. The van der Waals surface area contributed by atoms with Gasteiger partial charge >= 0.3 is 5.97 Å². The van der Waals surface area contributed by atoms with Crippen molar-refractivity contribution in [3.63, 3.8) is 0 Å². The van der Waals surface area contributed by atoms with Crippen LogP contribution in [0.5, 0.6) is 0 Å². The summed E-state index contributed by atoms with van der Waals surface area (Å²) in [6.07, 6.45) is 1.76. The molecule has 86 valence electrons. The Morgan fingerprint density at radius 2 is 2.00 bits per heavy atom. The molecule has 16 heavy (non-hydrogen) atoms. The highest BCUT2D eigenvalue weighted by Crippen LogP contribution is 2.41. The van der Waals surface area contributed by atoms with Crippen LogP contribution in [-0.2, 0) is 11.2 Å². The molecule has 2 atom stereocenters. The van der Waals surface area contributed by atoms with E-state index < -0.39 is 5.97 Å². The van der Waals surface area contributed by atoms with Crippen molar-refractivity contribution in [2.75, 3.05) is 0 Å². The van der Waals surface area contributed by atoms with Crippen molar-refractivity contribution in [3.8, 4) is 0 Å². The molecule has 0 heterocycles. The molecular formula is C14H18O2. The predicted octanol–water partition coefficient (Wildman–Crippen LogP) is 3.07. The Bertz CT molecular complexity index is 378. The number of carboxylic acid groups (broad SMARTS) is 1. The Morgan fingerprint density at radius 1 is 1.38 bits per heavy atom. The van der Waals surface area contributed by atoms with Crippen molar-refractivity contribution in [2.24, 2.45) is 11.8 Å². The van der Waals surface area contributed by atoms with Gasteiger partial charge in [0.15, 0.2) is 0 Å². The van der Waals surface area contributed by atoms with Gasteiger partial charge in [0, 0.05) is 0 Å². The highest BCUT2D eigenvalue weighted by atomic mass is 16.4. The van der Waals surface area contributed by atoms with E-state index in [1.54, 1.807) is 0 Å². The van der Waals surface area contributed by atoms with Gasteiger partial charge in [-0.2, -0.15) is 0 Å². The van der Waals surface area contributed by atoms with Gasteiger partial charge in [0.05, 0.1) is 5.92 Å². The number of carbonyl (C=O) groups is 1. The first-order valence-electron chi connectivity index (χ1n) is 5.89. The minimum absolute atomic E-state index is 0.0928. The maximum atomic E-state index is 10.7. The van der Waals surface area contributed by atoms with E-state index in [1.807, 2.05) is 0 Å². The highest BCUT2D eigenvalue weighted by molar-refractivity contribution is 5.73. The lowest BCUT2D eigenvalue weighted by atomic mass is 10.00. The van der Waals surface area contributed by atoms with Crippen LogP contribution in [0.3, 0.4) is 0 Å². The molecule has 0 aliphatic heterocycles. The molecule has 0 bridgehead atoms. The number of rotatable bonds is 4. The lowest BCUT2D eigenvalue weighted by Gasteiger charge is -2.06. The molecule has 1 aromatic carbocycles. The van der Waals surface area contributed by atoms with E-state index >= 15 is 0 Å². The van der Waals surface area contributed by atoms with Crippen molar-refractivity contribution >= 4 is 5.97 Å². The second kappa shape index (κ2) is 4.28. The number of hydrogen-bond donors (Lipinski definition) is 1. The number of hydrogen-bond acceptors (Lipinski definition) is 1. The maximum Gasteiger partial charge on any atom is 0.306 e. The van der Waals surface area contributed by atoms with Gasteiger partial charge in [-0.05, 0) is 35.8 Å². The topological polar surface area (TPSA) is 37.3 Å². The molecule has 0 aromatic heterocycles. The van der Waals surface area contributed by atoms with Gasteiger partial charge in [0.2, 0.25) is 0 Å². The first-order valence-corrected chi connectivity index (χ1v) is 5.89. The van der Waals surface area contributed by atoms with Crippen molar-refractivity contribution in [1.29, 1.82) is 0 Å². The van der Waals surface area contributed by atoms with Crippen molar-refractivity contribution < 1.29 is 9.90 Å². The van der Waals surface area contributed by atoms with Gasteiger partial charge < -0.3 is 5.11 Å². The second-order valence-corrected chi connectivity index (χ2v) is 5.04. The third-order valence-corrected chi connectivity index (χ3v) is 3.38. The second-order valence-electron chi connectivity index (χ2n) is 5.04. The molecule has 1 fully saturated rings. The minimum atomic E-state index is -0.635. The van der Waals surface area contributed by atoms with E-state index in [4.69, 9.17) is 5.11 Å². The molecule has 0 amide bonds. The van der Waals surface area contributed by atoms with Gasteiger partial charge in [-0.15, -0.1) is 0 Å². The molecule has 0 saturated heterocycles. The zero-order valence-electron chi connectivity index (χ0n) is 9.81. The highest BCUT2D eigenvalue weighted by Gasteiger charge is 2.42. The minimum Gasteiger partial charge on any atom is -0.481 e. The monoisotopic (exact) mass is 218 g/mol. The van der Waals surface area contributed by atoms with Crippen LogP contribution in [0.25, 0.3) is 0 Å². The smallest absolute Gasteiger partial charge is 0.306 e. The molecule has 1 aromatic rings. The van der Waals surface area contributed by atoms with Crippen LogP contribution in [0.1, 0.15) is 37.3 Å². The first-order chi connectivity index (χ1) is 7.58. The summed E-state index contributed by atoms with van der Waals surface area (Å²) in [6, 6.07) is 8.56. The van der Waals surface area contributed by atoms with Crippen LogP contribution in [0.2, 0.25) is 0 Å². The van der Waals surface area contributed by atoms with E-state index in [0.717, 1.165) is 12.8 Å². The predicted molar refractivity (Wildman–Crippen MR) is 63.5 cm³/mol. The Kier molecular flexibility index (Phi) is 2.99. The van der Waals surface area contributed by atoms with E-state index in [1.165, 1.54) is 11.1 Å². The lowest BCUT2D eigenvalue weighted by molar-refractivity contribution is -0.138. The zero-order chi connectivity index (χ0) is 11.7. The van der Waals surface area contributed by atoms with Gasteiger partial charge in [0.1, 0.15) is 0 Å². The quantitative estimate of drug-likeness (QED) is 0.843. The van der Waals surface area contributed by atoms with E-state index in [-0.39, 0.29) is 5.92 Å². The van der Waals surface area contributed by atoms with Crippen LogP contribution in [0.15, 0.2) is 24.3 Å². The van der Waals surface area contributed by atoms with E-state index in [0.29, 0.717) is 11.8 Å². The summed E-state index contributed by atoms with van der Waals surface area (Å²) in [5, 5.41) is 8.82. The summed E-state index contributed by atoms with van der Waals surface area (Å²) < 4.78 is 0. The van der Waals surface area contributed by atoms with Gasteiger partial charge in [-0.25, -0.2) is 0 Å². The summed E-state index contributed by atoms with van der Waals surface area (Å²) in [5.74, 6) is 0.192. The normalized spacial score (nSPS) is 23.4. The summed E-state index contributed by atoms with van der Waals surface area (Å²) in [7, 11) is 0. The largest absolute Gasteiger partial charge is 0.481 e. The fourth-order valence-electron chi connectivity index (χ4n) is 2.12. The van der Waals surface area contributed by atoms with Crippen molar-refractivity contribution in [2.45, 2.75) is 32.6 Å². The molecule has 1 aliphatic carbocycles. The van der Waals surface area contributed by atoms with Gasteiger partial charge in [-0.3, -0.25) is 4.79 Å². The zero-order valence-corrected chi connectivity index (χ0v) is 9.81. The Balaban J connectivity index is 1.94. The maximum absolute atomic E-state index is 10.7. The fraction of sp³-hybridized carbons (Fsp3) is 0.500. The molecule has 2 nitrogen and oxygen atoms in total. The summed E-state index contributed by atoms with van der Waals surface area (Å²) in [6.45, 7) is 4.35. The van der Waals surface area contributed by atoms with Gasteiger partial charge in [-0.1, -0.05) is 38.1 Å². The molecule has 1 aliphatic rings. The molecule has 1 saturated carbocycles. The van der Waals surface area contributed by atoms with Crippen LogP contribution in [0.4, 0.5) is 0 Å². The number of carboxylic acids is 1. The third-order valence-electron chi connectivity index (χ3n) is 3.38. The van der Waals surface area contributed by atoms with Crippen LogP contribution < -0.4 is 0 Å². The van der Waals surface area contributed by atoms with E-state index in [2.05, 4.69) is 38.1 Å². The number of benzene rings is 1. The molecule has 0 spiro atoms. The molecule has 1 N–H and O–H groups in total. The molecule has 0 radical (unpaired) electrons. The van der Waals surface area contributed by atoms with Crippen molar-refractivity contribution in [1.82, 2.24) is 0 Å². The first kappa shape index (κ1) is 11.2. The molecule has 2 rings (SSSR count). The van der Waals surface area contributed by atoms with Gasteiger partial charge in [0.25, 0.3) is 0 Å². The van der Waals surface area contributed by atoms with Crippen molar-refractivity contribution in [3.05, 3.63) is 35.4 Å². The third kappa shape index (κ3) is 2.43. The standard InChI is InChI=1S/C14H18O2/c1-9(2)11-5-3-10(4-6-11)7-12-8-13(12)14(15)16/h3-6,9,12-13H,7-8H2,1-2H3,(H,15,16)/t12-,13-/m0/s1. The lowest BCUT2D eigenvalue weighted by Crippen LogP contribution is -2.01.